The van der Waals surface area contributed by atoms with Gasteiger partial charge in [-0.25, -0.2) is 0 Å². The highest BCUT2D eigenvalue weighted by Crippen LogP contribution is 2.20. The van der Waals surface area contributed by atoms with Crippen molar-refractivity contribution in [2.75, 3.05) is 6.54 Å². The second-order valence-electron chi connectivity index (χ2n) is 2.66. The molecule has 0 fully saturated rings. The molecule has 0 saturated carbocycles. The highest BCUT2D eigenvalue weighted by Gasteiger charge is 1.99. The van der Waals surface area contributed by atoms with Gasteiger partial charge in [-0.3, -0.25) is 0 Å². The lowest BCUT2D eigenvalue weighted by Crippen LogP contribution is -2.12. The fourth-order valence-corrected chi connectivity index (χ4v) is 1.45. The van der Waals surface area contributed by atoms with Crippen molar-refractivity contribution in [2.45, 2.75) is 6.54 Å². The Kier molecular flexibility index (Phi) is 7.02. The third kappa shape index (κ3) is 4.34. The van der Waals surface area contributed by atoms with Crippen LogP contribution >= 0.6 is 35.6 Å². The molecule has 78 valence electrons. The van der Waals surface area contributed by atoms with Crippen molar-refractivity contribution in [2.24, 2.45) is 0 Å². The van der Waals surface area contributed by atoms with Gasteiger partial charge in [-0.15, -0.1) is 19.0 Å². The van der Waals surface area contributed by atoms with Crippen molar-refractivity contribution >= 4 is 35.6 Å². The number of rotatable bonds is 4. The van der Waals surface area contributed by atoms with E-state index in [4.69, 9.17) is 23.2 Å². The minimum absolute atomic E-state index is 0. The molecule has 0 amide bonds. The Balaban J connectivity index is 0.00000169. The monoisotopic (exact) mass is 251 g/mol. The van der Waals surface area contributed by atoms with Crippen LogP contribution in [0.1, 0.15) is 5.56 Å². The van der Waals surface area contributed by atoms with Gasteiger partial charge in [0.25, 0.3) is 0 Å². The third-order valence-electron chi connectivity index (χ3n) is 1.62. The van der Waals surface area contributed by atoms with Gasteiger partial charge in [0.05, 0.1) is 0 Å². The van der Waals surface area contributed by atoms with E-state index in [9.17, 15) is 0 Å². The summed E-state index contributed by atoms with van der Waals surface area (Å²) < 4.78 is 0. The summed E-state index contributed by atoms with van der Waals surface area (Å²) in [7, 11) is 0. The van der Waals surface area contributed by atoms with Crippen LogP contribution in [0.25, 0.3) is 0 Å². The fourth-order valence-electron chi connectivity index (χ4n) is 0.974. The number of benzene rings is 1. The van der Waals surface area contributed by atoms with E-state index in [0.717, 1.165) is 18.7 Å². The topological polar surface area (TPSA) is 12.0 Å². The van der Waals surface area contributed by atoms with Crippen LogP contribution in [-0.4, -0.2) is 6.54 Å². The number of nitrogens with one attached hydrogen (secondary N) is 1. The molecule has 0 aliphatic carbocycles. The molecule has 0 atom stereocenters. The zero-order valence-corrected chi connectivity index (χ0v) is 9.92. The summed E-state index contributed by atoms with van der Waals surface area (Å²) in [5, 5.41) is 4.53. The predicted octanol–water partition coefficient (Wildman–Crippen LogP) is 3.69. The largest absolute Gasteiger partial charge is 0.309 e. The molecule has 0 aromatic heterocycles. The summed E-state index contributed by atoms with van der Waals surface area (Å²) >= 11 is 11.7. The Bertz CT molecular complexity index is 299. The zero-order valence-electron chi connectivity index (χ0n) is 7.59. The number of hydrogen-bond donors (Lipinski definition) is 1. The van der Waals surface area contributed by atoms with E-state index in [0.29, 0.717) is 10.0 Å². The standard InChI is InChI=1S/C10H11Cl2N.ClH/c1-2-5-13-7-8-3-4-9(11)6-10(8)12;/h2-4,6,13H,1,5,7H2;1H. The van der Waals surface area contributed by atoms with Crippen molar-refractivity contribution in [3.05, 3.63) is 46.5 Å². The van der Waals surface area contributed by atoms with Crippen molar-refractivity contribution in [3.8, 4) is 0 Å². The number of halogens is 3. The highest BCUT2D eigenvalue weighted by atomic mass is 35.5. The molecule has 1 rings (SSSR count). The van der Waals surface area contributed by atoms with Gasteiger partial charge in [0.15, 0.2) is 0 Å². The minimum atomic E-state index is 0. The van der Waals surface area contributed by atoms with Crippen LogP contribution < -0.4 is 5.32 Å². The highest BCUT2D eigenvalue weighted by molar-refractivity contribution is 6.35. The van der Waals surface area contributed by atoms with Gasteiger partial charge in [0.1, 0.15) is 0 Å². The van der Waals surface area contributed by atoms with Crippen molar-refractivity contribution in [1.29, 1.82) is 0 Å². The van der Waals surface area contributed by atoms with Crippen LogP contribution in [0.2, 0.25) is 10.0 Å². The molecule has 0 radical (unpaired) electrons. The predicted molar refractivity (Wildman–Crippen MR) is 65.6 cm³/mol. The molecule has 0 bridgehead atoms. The Morgan fingerprint density at radius 1 is 1.36 bits per heavy atom. The molecule has 0 aliphatic rings. The van der Waals surface area contributed by atoms with Gasteiger partial charge in [-0.05, 0) is 17.7 Å². The van der Waals surface area contributed by atoms with Crippen molar-refractivity contribution in [3.63, 3.8) is 0 Å². The average molecular weight is 253 g/mol. The molecule has 0 spiro atoms. The quantitative estimate of drug-likeness (QED) is 0.636. The van der Waals surface area contributed by atoms with E-state index in [1.54, 1.807) is 6.07 Å². The first-order chi connectivity index (χ1) is 6.24. The lowest BCUT2D eigenvalue weighted by molar-refractivity contribution is 0.761. The molecule has 4 heteroatoms. The molecule has 1 aromatic rings. The molecular formula is C10H12Cl3N. The second-order valence-corrected chi connectivity index (χ2v) is 3.50. The zero-order chi connectivity index (χ0) is 9.68. The average Bonchev–Trinajstić information content (AvgIpc) is 2.09. The molecule has 1 aromatic carbocycles. The van der Waals surface area contributed by atoms with Crippen molar-refractivity contribution < 1.29 is 0 Å². The van der Waals surface area contributed by atoms with Gasteiger partial charge in [0.2, 0.25) is 0 Å². The van der Waals surface area contributed by atoms with E-state index in [2.05, 4.69) is 11.9 Å². The molecule has 14 heavy (non-hydrogen) atoms. The summed E-state index contributed by atoms with van der Waals surface area (Å²) in [5.74, 6) is 0. The maximum absolute atomic E-state index is 5.96. The molecule has 1 nitrogen and oxygen atoms in total. The SMILES string of the molecule is C=CCNCc1ccc(Cl)cc1Cl.Cl. The summed E-state index contributed by atoms with van der Waals surface area (Å²) in [6.45, 7) is 5.13. The van der Waals surface area contributed by atoms with Gasteiger partial charge in [-0.1, -0.05) is 35.3 Å². The summed E-state index contributed by atoms with van der Waals surface area (Å²) in [4.78, 5) is 0. The third-order valence-corrected chi connectivity index (χ3v) is 2.21. The molecule has 0 aliphatic heterocycles. The summed E-state index contributed by atoms with van der Waals surface area (Å²) in [6, 6.07) is 5.49. The van der Waals surface area contributed by atoms with Crippen molar-refractivity contribution in [1.82, 2.24) is 5.32 Å². The Morgan fingerprint density at radius 3 is 2.64 bits per heavy atom. The van der Waals surface area contributed by atoms with Crippen LogP contribution in [0, 0.1) is 0 Å². The van der Waals surface area contributed by atoms with Gasteiger partial charge < -0.3 is 5.32 Å². The normalized spacial score (nSPS) is 9.29. The van der Waals surface area contributed by atoms with E-state index in [1.165, 1.54) is 0 Å². The Morgan fingerprint density at radius 2 is 2.07 bits per heavy atom. The Labute approximate surface area is 101 Å². The first-order valence-corrected chi connectivity index (χ1v) is 4.75. The van der Waals surface area contributed by atoms with Crippen LogP contribution in [0.15, 0.2) is 30.9 Å². The van der Waals surface area contributed by atoms with Crippen LogP contribution in [0.3, 0.4) is 0 Å². The maximum Gasteiger partial charge on any atom is 0.0465 e. The first kappa shape index (κ1) is 13.8. The van der Waals surface area contributed by atoms with E-state index >= 15 is 0 Å². The van der Waals surface area contributed by atoms with Crippen LogP contribution in [0.5, 0.6) is 0 Å². The smallest absolute Gasteiger partial charge is 0.0465 e. The van der Waals surface area contributed by atoms with E-state index in [-0.39, 0.29) is 12.4 Å². The summed E-state index contributed by atoms with van der Waals surface area (Å²) in [5.41, 5.74) is 1.05. The minimum Gasteiger partial charge on any atom is -0.309 e. The molecule has 0 heterocycles. The lowest BCUT2D eigenvalue weighted by atomic mass is 10.2. The lowest BCUT2D eigenvalue weighted by Gasteiger charge is -2.04. The van der Waals surface area contributed by atoms with E-state index < -0.39 is 0 Å². The van der Waals surface area contributed by atoms with Gasteiger partial charge in [0, 0.05) is 23.1 Å². The van der Waals surface area contributed by atoms with Gasteiger partial charge in [-0.2, -0.15) is 0 Å². The second kappa shape index (κ2) is 7.13. The first-order valence-electron chi connectivity index (χ1n) is 3.99. The maximum atomic E-state index is 5.96. The van der Waals surface area contributed by atoms with Crippen LogP contribution in [0.4, 0.5) is 0 Å². The fraction of sp³-hybridized carbons (Fsp3) is 0.200. The molecule has 1 N–H and O–H groups in total. The molecular weight excluding hydrogens is 240 g/mol. The Hall–Kier alpha value is -0.210. The van der Waals surface area contributed by atoms with Gasteiger partial charge >= 0.3 is 0 Å². The molecule has 0 saturated heterocycles. The van der Waals surface area contributed by atoms with Crippen LogP contribution in [-0.2, 0) is 6.54 Å². The molecule has 0 unspecified atom stereocenters. The van der Waals surface area contributed by atoms with E-state index in [1.807, 2.05) is 18.2 Å². The number of hydrogen-bond acceptors (Lipinski definition) is 1. The summed E-state index contributed by atoms with van der Waals surface area (Å²) in [6.07, 6.45) is 1.81.